The predicted octanol–water partition coefficient (Wildman–Crippen LogP) is 3.55. The Kier molecular flexibility index (Phi) is 5.26. The summed E-state index contributed by atoms with van der Waals surface area (Å²) in [6.45, 7) is 10.1. The topological polar surface area (TPSA) is 15.3 Å². The predicted molar refractivity (Wildman–Crippen MR) is 82.6 cm³/mol. The van der Waals surface area contributed by atoms with E-state index in [1.165, 1.54) is 12.0 Å². The number of nitrogens with one attached hydrogen (secondary N) is 1. The van der Waals surface area contributed by atoms with Crippen LogP contribution in [0.15, 0.2) is 24.3 Å². The van der Waals surface area contributed by atoms with Gasteiger partial charge < -0.3 is 5.32 Å². The van der Waals surface area contributed by atoms with Gasteiger partial charge in [0, 0.05) is 30.2 Å². The molecule has 0 radical (unpaired) electrons. The van der Waals surface area contributed by atoms with Gasteiger partial charge in [0.2, 0.25) is 0 Å². The van der Waals surface area contributed by atoms with Crippen LogP contribution in [0.25, 0.3) is 0 Å². The molecule has 0 saturated carbocycles. The lowest BCUT2D eigenvalue weighted by Gasteiger charge is -2.43. The van der Waals surface area contributed by atoms with Crippen LogP contribution in [0.3, 0.4) is 0 Å². The van der Waals surface area contributed by atoms with Crippen molar-refractivity contribution in [2.45, 2.75) is 45.8 Å². The number of hydrogen-bond acceptors (Lipinski definition) is 2. The van der Waals surface area contributed by atoms with Crippen LogP contribution in [0.4, 0.5) is 0 Å². The number of rotatable bonds is 4. The minimum atomic E-state index is 0.592. The number of halogens is 1. The molecule has 3 unspecified atom stereocenters. The first-order valence-electron chi connectivity index (χ1n) is 7.34. The van der Waals surface area contributed by atoms with Crippen LogP contribution in [0.5, 0.6) is 0 Å². The molecule has 0 bridgehead atoms. The van der Waals surface area contributed by atoms with Gasteiger partial charge in [-0.05, 0) is 37.4 Å². The van der Waals surface area contributed by atoms with E-state index in [-0.39, 0.29) is 0 Å². The van der Waals surface area contributed by atoms with Gasteiger partial charge in [0.05, 0.1) is 0 Å². The molecule has 2 nitrogen and oxygen atoms in total. The Labute approximate surface area is 122 Å². The first-order chi connectivity index (χ1) is 9.13. The van der Waals surface area contributed by atoms with Crippen molar-refractivity contribution in [2.75, 3.05) is 13.1 Å². The largest absolute Gasteiger partial charge is 0.314 e. The van der Waals surface area contributed by atoms with Gasteiger partial charge in [0.25, 0.3) is 0 Å². The van der Waals surface area contributed by atoms with Crippen LogP contribution in [0, 0.1) is 5.92 Å². The van der Waals surface area contributed by atoms with Crippen molar-refractivity contribution in [3.8, 4) is 0 Å². The number of likely N-dealkylation sites (tertiary alicyclic amines) is 1. The molecule has 19 heavy (non-hydrogen) atoms. The quantitative estimate of drug-likeness (QED) is 0.907. The molecule has 0 spiro atoms. The highest BCUT2D eigenvalue weighted by atomic mass is 35.5. The van der Waals surface area contributed by atoms with Crippen molar-refractivity contribution in [3.05, 3.63) is 34.9 Å². The summed E-state index contributed by atoms with van der Waals surface area (Å²) < 4.78 is 0. The molecule has 1 N–H and O–H groups in total. The number of hydrogen-bond donors (Lipinski definition) is 1. The molecule has 1 fully saturated rings. The maximum atomic E-state index is 6.27. The van der Waals surface area contributed by atoms with Crippen LogP contribution in [0.1, 0.15) is 32.8 Å². The molecule has 1 aliphatic heterocycles. The SMILES string of the molecule is CCNC1CCN(Cc2ccccc2Cl)C(C)C1C. The van der Waals surface area contributed by atoms with Crippen LogP contribution in [0.2, 0.25) is 5.02 Å². The molecular formula is C16H25ClN2. The van der Waals surface area contributed by atoms with Crippen molar-refractivity contribution in [1.29, 1.82) is 0 Å². The van der Waals surface area contributed by atoms with Gasteiger partial charge in [0.15, 0.2) is 0 Å². The summed E-state index contributed by atoms with van der Waals surface area (Å²) in [6.07, 6.45) is 1.23. The van der Waals surface area contributed by atoms with Gasteiger partial charge in [-0.25, -0.2) is 0 Å². The second kappa shape index (κ2) is 6.74. The van der Waals surface area contributed by atoms with Crippen LogP contribution in [-0.2, 0) is 6.54 Å². The Morgan fingerprint density at radius 2 is 2.05 bits per heavy atom. The maximum absolute atomic E-state index is 6.27. The van der Waals surface area contributed by atoms with Gasteiger partial charge in [-0.2, -0.15) is 0 Å². The second-order valence-corrected chi connectivity index (χ2v) is 6.02. The molecule has 106 valence electrons. The molecule has 0 amide bonds. The summed E-state index contributed by atoms with van der Waals surface area (Å²) in [4.78, 5) is 2.56. The van der Waals surface area contributed by atoms with E-state index >= 15 is 0 Å². The molecule has 0 aromatic heterocycles. The lowest BCUT2D eigenvalue weighted by atomic mass is 9.86. The number of piperidine rings is 1. The van der Waals surface area contributed by atoms with Crippen LogP contribution in [-0.4, -0.2) is 30.1 Å². The molecule has 1 aromatic carbocycles. The second-order valence-electron chi connectivity index (χ2n) is 5.61. The summed E-state index contributed by atoms with van der Waals surface area (Å²) >= 11 is 6.27. The highest BCUT2D eigenvalue weighted by Crippen LogP contribution is 2.27. The lowest BCUT2D eigenvalue weighted by Crippen LogP contribution is -2.52. The third-order valence-electron chi connectivity index (χ3n) is 4.50. The number of benzene rings is 1. The molecular weight excluding hydrogens is 256 g/mol. The fourth-order valence-electron chi connectivity index (χ4n) is 3.06. The van der Waals surface area contributed by atoms with E-state index in [4.69, 9.17) is 11.6 Å². The zero-order valence-electron chi connectivity index (χ0n) is 12.2. The van der Waals surface area contributed by atoms with Crippen molar-refractivity contribution in [2.24, 2.45) is 5.92 Å². The normalized spacial score (nSPS) is 28.5. The first kappa shape index (κ1) is 14.8. The summed E-state index contributed by atoms with van der Waals surface area (Å²) in [7, 11) is 0. The highest BCUT2D eigenvalue weighted by molar-refractivity contribution is 6.31. The third kappa shape index (κ3) is 3.50. The zero-order valence-corrected chi connectivity index (χ0v) is 13.0. The minimum Gasteiger partial charge on any atom is -0.314 e. The Bertz CT molecular complexity index is 407. The molecule has 1 aliphatic rings. The van der Waals surface area contributed by atoms with Crippen molar-refractivity contribution in [3.63, 3.8) is 0 Å². The van der Waals surface area contributed by atoms with Gasteiger partial charge in [-0.3, -0.25) is 4.90 Å². The van der Waals surface area contributed by atoms with Gasteiger partial charge >= 0.3 is 0 Å². The molecule has 2 rings (SSSR count). The highest BCUT2D eigenvalue weighted by Gasteiger charge is 2.31. The third-order valence-corrected chi connectivity index (χ3v) is 4.87. The van der Waals surface area contributed by atoms with Crippen molar-refractivity contribution < 1.29 is 0 Å². The molecule has 1 saturated heterocycles. The molecule has 0 aliphatic carbocycles. The van der Waals surface area contributed by atoms with Crippen LogP contribution >= 0.6 is 11.6 Å². The Morgan fingerprint density at radius 1 is 1.32 bits per heavy atom. The summed E-state index contributed by atoms with van der Waals surface area (Å²) in [6, 6.07) is 9.43. The lowest BCUT2D eigenvalue weighted by molar-refractivity contribution is 0.0791. The van der Waals surface area contributed by atoms with Crippen molar-refractivity contribution in [1.82, 2.24) is 10.2 Å². The van der Waals surface area contributed by atoms with Crippen LogP contribution < -0.4 is 5.32 Å². The number of nitrogens with zero attached hydrogens (tertiary/aromatic N) is 1. The fraction of sp³-hybridized carbons (Fsp3) is 0.625. The summed E-state index contributed by atoms with van der Waals surface area (Å²) in [5.41, 5.74) is 1.24. The average Bonchev–Trinajstić information content (AvgIpc) is 2.41. The Hall–Kier alpha value is -0.570. The van der Waals surface area contributed by atoms with Gasteiger partial charge in [-0.1, -0.05) is 43.6 Å². The van der Waals surface area contributed by atoms with Gasteiger partial charge in [0.1, 0.15) is 0 Å². The average molecular weight is 281 g/mol. The monoisotopic (exact) mass is 280 g/mol. The molecule has 1 aromatic rings. The summed E-state index contributed by atoms with van der Waals surface area (Å²) in [5.74, 6) is 0.677. The van der Waals surface area contributed by atoms with E-state index in [9.17, 15) is 0 Å². The Morgan fingerprint density at radius 3 is 2.74 bits per heavy atom. The summed E-state index contributed by atoms with van der Waals surface area (Å²) in [5, 5.41) is 4.49. The molecule has 3 heteroatoms. The smallest absolute Gasteiger partial charge is 0.0451 e. The van der Waals surface area contributed by atoms with Crippen molar-refractivity contribution >= 4 is 11.6 Å². The molecule has 1 heterocycles. The first-order valence-corrected chi connectivity index (χ1v) is 7.72. The van der Waals surface area contributed by atoms with E-state index in [1.54, 1.807) is 0 Å². The maximum Gasteiger partial charge on any atom is 0.0451 e. The molecule has 3 atom stereocenters. The van der Waals surface area contributed by atoms with E-state index in [0.29, 0.717) is 18.0 Å². The van der Waals surface area contributed by atoms with E-state index in [1.807, 2.05) is 12.1 Å². The minimum absolute atomic E-state index is 0.592. The van der Waals surface area contributed by atoms with E-state index < -0.39 is 0 Å². The van der Waals surface area contributed by atoms with E-state index in [2.05, 4.69) is 43.1 Å². The standard InChI is InChI=1S/C16H25ClN2/c1-4-18-16-9-10-19(13(3)12(16)2)11-14-7-5-6-8-15(14)17/h5-8,12-13,16,18H,4,9-11H2,1-3H3. The fourth-order valence-corrected chi connectivity index (χ4v) is 3.25. The zero-order chi connectivity index (χ0) is 13.8. The van der Waals surface area contributed by atoms with E-state index in [0.717, 1.165) is 24.7 Å². The van der Waals surface area contributed by atoms with Gasteiger partial charge in [-0.15, -0.1) is 0 Å². The Balaban J connectivity index is 2.01.